The largest absolute Gasteiger partial charge is 0.394 e. The van der Waals surface area contributed by atoms with E-state index in [1.165, 1.54) is 148 Å². The Kier molecular flexibility index (Phi) is 46.1. The third kappa shape index (κ3) is 38.9. The van der Waals surface area contributed by atoms with Crippen molar-refractivity contribution in [2.45, 2.75) is 288 Å². The Hall–Kier alpha value is -2.37. The van der Waals surface area contributed by atoms with Crippen molar-refractivity contribution in [2.75, 3.05) is 13.2 Å². The first-order valence-electron chi connectivity index (χ1n) is 28.7. The highest BCUT2D eigenvalue weighted by Crippen LogP contribution is 2.23. The molecular formula is C60H107NO8. The van der Waals surface area contributed by atoms with Crippen LogP contribution in [0.15, 0.2) is 72.9 Å². The van der Waals surface area contributed by atoms with Gasteiger partial charge in [0, 0.05) is 6.42 Å². The number of ether oxygens (including phenoxy) is 2. The molecule has 6 N–H and O–H groups in total. The minimum absolute atomic E-state index is 0.182. The Morgan fingerprint density at radius 2 is 0.899 bits per heavy atom. The van der Waals surface area contributed by atoms with Crippen molar-refractivity contribution in [3.05, 3.63) is 72.9 Å². The van der Waals surface area contributed by atoms with E-state index in [1.54, 1.807) is 6.08 Å². The van der Waals surface area contributed by atoms with Crippen molar-refractivity contribution in [3.8, 4) is 0 Å². The second kappa shape index (κ2) is 49.2. The molecule has 7 atom stereocenters. The van der Waals surface area contributed by atoms with Crippen LogP contribution in [0.2, 0.25) is 0 Å². The lowest BCUT2D eigenvalue weighted by molar-refractivity contribution is -0.302. The van der Waals surface area contributed by atoms with E-state index < -0.39 is 49.5 Å². The van der Waals surface area contributed by atoms with Crippen molar-refractivity contribution in [1.82, 2.24) is 5.32 Å². The van der Waals surface area contributed by atoms with E-state index in [1.807, 2.05) is 6.08 Å². The van der Waals surface area contributed by atoms with Gasteiger partial charge in [-0.25, -0.2) is 0 Å². The van der Waals surface area contributed by atoms with E-state index >= 15 is 0 Å². The van der Waals surface area contributed by atoms with Crippen LogP contribution in [0.5, 0.6) is 0 Å². The molecule has 1 rings (SSSR count). The normalized spacial score (nSPS) is 20.0. The summed E-state index contributed by atoms with van der Waals surface area (Å²) in [5.41, 5.74) is 0. The number of nitrogens with one attached hydrogen (secondary N) is 1. The third-order valence-electron chi connectivity index (χ3n) is 13.3. The zero-order valence-corrected chi connectivity index (χ0v) is 44.3. The third-order valence-corrected chi connectivity index (χ3v) is 13.3. The Morgan fingerprint density at radius 1 is 0.507 bits per heavy atom. The molecule has 69 heavy (non-hydrogen) atoms. The molecule has 7 unspecified atom stereocenters. The molecule has 1 aliphatic rings. The molecule has 0 saturated carbocycles. The lowest BCUT2D eigenvalue weighted by Crippen LogP contribution is -2.60. The molecule has 0 spiro atoms. The predicted octanol–water partition coefficient (Wildman–Crippen LogP) is 14.1. The molecule has 0 aromatic heterocycles. The second-order valence-corrected chi connectivity index (χ2v) is 19.7. The van der Waals surface area contributed by atoms with Crippen LogP contribution in [-0.4, -0.2) is 87.5 Å². The zero-order valence-electron chi connectivity index (χ0n) is 44.3. The minimum atomic E-state index is -1.56. The summed E-state index contributed by atoms with van der Waals surface area (Å²) < 4.78 is 11.1. The maximum atomic E-state index is 12.9. The number of unbranched alkanes of at least 4 members (excludes halogenated alkanes) is 28. The number of carbonyl (C=O) groups is 1. The number of aliphatic hydroxyl groups is 5. The Bertz CT molecular complexity index is 1310. The van der Waals surface area contributed by atoms with E-state index in [4.69, 9.17) is 9.47 Å². The lowest BCUT2D eigenvalue weighted by atomic mass is 9.99. The molecule has 9 nitrogen and oxygen atoms in total. The van der Waals surface area contributed by atoms with Crippen molar-refractivity contribution < 1.29 is 39.8 Å². The monoisotopic (exact) mass is 970 g/mol. The van der Waals surface area contributed by atoms with Gasteiger partial charge in [-0.15, -0.1) is 0 Å². The number of hydrogen-bond acceptors (Lipinski definition) is 8. The van der Waals surface area contributed by atoms with E-state index in [0.29, 0.717) is 6.42 Å². The summed E-state index contributed by atoms with van der Waals surface area (Å²) in [5, 5.41) is 53.8. The summed E-state index contributed by atoms with van der Waals surface area (Å²) >= 11 is 0. The molecule has 9 heteroatoms. The van der Waals surface area contributed by atoms with Gasteiger partial charge >= 0.3 is 0 Å². The quantitative estimate of drug-likeness (QED) is 0.0261. The number of rotatable bonds is 48. The van der Waals surface area contributed by atoms with Crippen LogP contribution in [0.25, 0.3) is 0 Å². The van der Waals surface area contributed by atoms with Crippen molar-refractivity contribution in [1.29, 1.82) is 0 Å². The second-order valence-electron chi connectivity index (χ2n) is 19.7. The summed E-state index contributed by atoms with van der Waals surface area (Å²) in [4.78, 5) is 12.9. The van der Waals surface area contributed by atoms with Crippen LogP contribution in [0.4, 0.5) is 0 Å². The molecule has 1 amide bonds. The molecule has 0 aromatic rings. The maximum absolute atomic E-state index is 12.9. The molecular weight excluding hydrogens is 863 g/mol. The van der Waals surface area contributed by atoms with Crippen LogP contribution < -0.4 is 5.32 Å². The lowest BCUT2D eigenvalue weighted by Gasteiger charge is -2.40. The van der Waals surface area contributed by atoms with Crippen molar-refractivity contribution >= 4 is 5.91 Å². The number of carbonyl (C=O) groups excluding carboxylic acids is 1. The summed E-state index contributed by atoms with van der Waals surface area (Å²) in [7, 11) is 0. The Balaban J connectivity index is 1.93. The SMILES string of the molecule is CC/C=C\C/C=C\C/C=C\C/C=C\C/C=C\CCCCCCCCCCCCCCCCCCCCCCCCCCCC(=O)NC(COC1OC(CO)C(O)C(O)C1O)C(O)/C=C/CCCCC. The number of aliphatic hydroxyl groups excluding tert-OH is 5. The van der Waals surface area contributed by atoms with Crippen LogP contribution in [0.1, 0.15) is 245 Å². The molecule has 1 aliphatic heterocycles. The highest BCUT2D eigenvalue weighted by atomic mass is 16.7. The molecule has 1 fully saturated rings. The molecule has 400 valence electrons. The average Bonchev–Trinajstić information content (AvgIpc) is 3.35. The van der Waals surface area contributed by atoms with Crippen LogP contribution >= 0.6 is 0 Å². The van der Waals surface area contributed by atoms with Gasteiger partial charge in [-0.2, -0.15) is 0 Å². The first kappa shape index (κ1) is 64.6. The van der Waals surface area contributed by atoms with Gasteiger partial charge in [-0.1, -0.05) is 247 Å². The van der Waals surface area contributed by atoms with Gasteiger partial charge in [0.1, 0.15) is 24.4 Å². The minimum Gasteiger partial charge on any atom is -0.394 e. The van der Waals surface area contributed by atoms with E-state index in [2.05, 4.69) is 79.9 Å². The summed E-state index contributed by atoms with van der Waals surface area (Å²) in [6.45, 7) is 3.55. The van der Waals surface area contributed by atoms with Gasteiger partial charge in [-0.05, 0) is 64.2 Å². The summed E-state index contributed by atoms with van der Waals surface area (Å²) in [6, 6.07) is -0.800. The van der Waals surface area contributed by atoms with Gasteiger partial charge < -0.3 is 40.3 Å². The first-order chi connectivity index (χ1) is 33.8. The van der Waals surface area contributed by atoms with Crippen molar-refractivity contribution in [3.63, 3.8) is 0 Å². The van der Waals surface area contributed by atoms with Crippen LogP contribution in [0, 0.1) is 0 Å². The highest BCUT2D eigenvalue weighted by Gasteiger charge is 2.44. The van der Waals surface area contributed by atoms with Crippen LogP contribution in [0.3, 0.4) is 0 Å². The van der Waals surface area contributed by atoms with Crippen LogP contribution in [-0.2, 0) is 14.3 Å². The first-order valence-corrected chi connectivity index (χ1v) is 28.7. The fraction of sp³-hybridized carbons (Fsp3) is 0.783. The molecule has 0 aliphatic carbocycles. The van der Waals surface area contributed by atoms with Gasteiger partial charge in [0.25, 0.3) is 0 Å². The van der Waals surface area contributed by atoms with Crippen molar-refractivity contribution in [2.24, 2.45) is 0 Å². The Labute approximate surface area is 423 Å². The van der Waals surface area contributed by atoms with E-state index in [-0.39, 0.29) is 12.5 Å². The average molecular weight is 971 g/mol. The number of hydrogen-bond donors (Lipinski definition) is 6. The summed E-state index contributed by atoms with van der Waals surface area (Å²) in [6.07, 6.45) is 62.1. The fourth-order valence-corrected chi connectivity index (χ4v) is 8.77. The summed E-state index contributed by atoms with van der Waals surface area (Å²) in [5.74, 6) is -0.182. The van der Waals surface area contributed by atoms with E-state index in [0.717, 1.165) is 77.0 Å². The zero-order chi connectivity index (χ0) is 50.1. The molecule has 1 heterocycles. The highest BCUT2D eigenvalue weighted by molar-refractivity contribution is 5.76. The van der Waals surface area contributed by atoms with E-state index in [9.17, 15) is 30.3 Å². The van der Waals surface area contributed by atoms with Gasteiger partial charge in [0.15, 0.2) is 6.29 Å². The fourth-order valence-electron chi connectivity index (χ4n) is 8.77. The molecule has 0 bridgehead atoms. The molecule has 0 aromatic carbocycles. The topological polar surface area (TPSA) is 149 Å². The number of amides is 1. The van der Waals surface area contributed by atoms with Gasteiger partial charge in [0.2, 0.25) is 5.91 Å². The molecule has 1 saturated heterocycles. The smallest absolute Gasteiger partial charge is 0.220 e. The van der Waals surface area contributed by atoms with Gasteiger partial charge in [0.05, 0.1) is 25.4 Å². The van der Waals surface area contributed by atoms with Gasteiger partial charge in [-0.3, -0.25) is 4.79 Å². The standard InChI is InChI=1S/C60H107NO8/c1-3-5-7-9-10-11-12-13-14-15-16-17-18-19-20-21-22-23-24-25-26-27-28-29-30-31-32-33-34-35-36-37-38-39-40-41-42-43-44-46-48-50-56(64)61-53(54(63)49-47-45-8-6-4-2)52-68-60-59(67)58(66)57(65)55(51-62)69-60/h5,7,10-11,13-14,16-17,19-20,47,49,53-55,57-60,62-63,65-67H,3-4,6,8-9,12,15,18,21-46,48,50-52H2,1-2H3,(H,61,64)/b7-5-,11-10-,14-13-,17-16-,20-19-,49-47+. The molecule has 0 radical (unpaired) electrons. The maximum Gasteiger partial charge on any atom is 0.220 e. The Morgan fingerprint density at radius 3 is 1.33 bits per heavy atom. The number of allylic oxidation sites excluding steroid dienone is 11. The predicted molar refractivity (Wildman–Crippen MR) is 290 cm³/mol.